The van der Waals surface area contributed by atoms with Gasteiger partial charge in [-0.05, 0) is 44.2 Å². The Balaban J connectivity index is 1.97. The quantitative estimate of drug-likeness (QED) is 0.567. The van der Waals surface area contributed by atoms with Crippen LogP contribution in [0.5, 0.6) is 0 Å². The lowest BCUT2D eigenvalue weighted by atomic mass is 9.80. The van der Waals surface area contributed by atoms with E-state index in [4.69, 9.17) is 4.74 Å². The number of ether oxygens (including phenoxy) is 1. The zero-order chi connectivity index (χ0) is 7.57. The topological polar surface area (TPSA) is 21.3 Å². The summed E-state index contributed by atoms with van der Waals surface area (Å²) in [7, 11) is 0. The third-order valence-corrected chi connectivity index (χ3v) is 3.08. The molecule has 1 spiro atoms. The zero-order valence-corrected chi connectivity index (χ0v) is 7.07. The molecule has 2 fully saturated rings. The fourth-order valence-corrected chi connectivity index (χ4v) is 2.24. The van der Waals surface area contributed by atoms with Crippen LogP contribution in [0.3, 0.4) is 0 Å². The zero-order valence-electron chi connectivity index (χ0n) is 7.07. The van der Waals surface area contributed by atoms with Crippen molar-refractivity contribution in [3.63, 3.8) is 0 Å². The predicted molar refractivity (Wildman–Crippen MR) is 44.6 cm³/mol. The van der Waals surface area contributed by atoms with Gasteiger partial charge in [-0.25, -0.2) is 0 Å². The van der Waals surface area contributed by atoms with Gasteiger partial charge < -0.3 is 10.1 Å². The highest BCUT2D eigenvalue weighted by atomic mass is 16.5. The summed E-state index contributed by atoms with van der Waals surface area (Å²) in [6.45, 7) is 4.43. The van der Waals surface area contributed by atoms with E-state index in [2.05, 4.69) is 5.32 Å². The van der Waals surface area contributed by atoms with Crippen LogP contribution in [0.2, 0.25) is 0 Å². The molecule has 1 N–H and O–H groups in total. The average molecular weight is 155 g/mol. The number of rotatable bonds is 0. The summed E-state index contributed by atoms with van der Waals surface area (Å²) in [6.07, 6.45) is 5.34. The number of hydrogen-bond donors (Lipinski definition) is 1. The predicted octanol–water partition coefficient (Wildman–Crippen LogP) is 1.17. The lowest BCUT2D eigenvalue weighted by Crippen LogP contribution is -2.22. The van der Waals surface area contributed by atoms with Gasteiger partial charge in [-0.15, -0.1) is 0 Å². The molecule has 2 heterocycles. The van der Waals surface area contributed by atoms with Crippen LogP contribution in [-0.4, -0.2) is 26.3 Å². The molecule has 2 aliphatic heterocycles. The van der Waals surface area contributed by atoms with Gasteiger partial charge in [0.15, 0.2) is 0 Å². The van der Waals surface area contributed by atoms with Gasteiger partial charge in [-0.3, -0.25) is 0 Å². The molecule has 0 bridgehead atoms. The molecule has 0 amide bonds. The van der Waals surface area contributed by atoms with Crippen molar-refractivity contribution in [1.82, 2.24) is 5.32 Å². The second-order valence-corrected chi connectivity index (χ2v) is 3.91. The maximum Gasteiger partial charge on any atom is 0.0523 e. The highest BCUT2D eigenvalue weighted by Crippen LogP contribution is 2.37. The Kier molecular flexibility index (Phi) is 2.14. The van der Waals surface area contributed by atoms with Crippen molar-refractivity contribution in [3.8, 4) is 0 Å². The molecule has 0 aromatic heterocycles. The molecule has 2 aliphatic rings. The van der Waals surface area contributed by atoms with Crippen LogP contribution in [0.1, 0.15) is 25.7 Å². The highest BCUT2D eigenvalue weighted by Gasteiger charge is 2.34. The van der Waals surface area contributed by atoms with Crippen LogP contribution in [0.4, 0.5) is 0 Å². The van der Waals surface area contributed by atoms with Crippen LogP contribution in [0.25, 0.3) is 0 Å². The first kappa shape index (κ1) is 7.56. The van der Waals surface area contributed by atoms with Crippen LogP contribution < -0.4 is 5.32 Å². The molecular formula is C9H17NO. The lowest BCUT2D eigenvalue weighted by Gasteiger charge is -2.24. The maximum atomic E-state index is 5.47. The second kappa shape index (κ2) is 3.11. The van der Waals surface area contributed by atoms with Crippen LogP contribution in [0, 0.1) is 5.41 Å². The Bertz CT molecular complexity index is 120. The second-order valence-electron chi connectivity index (χ2n) is 3.91. The summed E-state index contributed by atoms with van der Waals surface area (Å²) < 4.78 is 5.47. The summed E-state index contributed by atoms with van der Waals surface area (Å²) >= 11 is 0. The summed E-state index contributed by atoms with van der Waals surface area (Å²) in [5.74, 6) is 0. The summed E-state index contributed by atoms with van der Waals surface area (Å²) in [6, 6.07) is 0. The van der Waals surface area contributed by atoms with Gasteiger partial charge in [-0.1, -0.05) is 0 Å². The van der Waals surface area contributed by atoms with Crippen LogP contribution >= 0.6 is 0 Å². The van der Waals surface area contributed by atoms with Crippen molar-refractivity contribution in [2.45, 2.75) is 25.7 Å². The van der Waals surface area contributed by atoms with Gasteiger partial charge in [0.2, 0.25) is 0 Å². The molecule has 1 atom stereocenters. The molecule has 11 heavy (non-hydrogen) atoms. The van der Waals surface area contributed by atoms with E-state index in [1.807, 2.05) is 0 Å². The minimum atomic E-state index is 0.573. The molecule has 2 rings (SSSR count). The van der Waals surface area contributed by atoms with Gasteiger partial charge in [0, 0.05) is 6.61 Å². The van der Waals surface area contributed by atoms with Gasteiger partial charge in [-0.2, -0.15) is 0 Å². The van der Waals surface area contributed by atoms with E-state index in [0.717, 1.165) is 13.2 Å². The van der Waals surface area contributed by atoms with E-state index >= 15 is 0 Å². The molecule has 0 aliphatic carbocycles. The SMILES string of the molecule is C1CNCCC2(C1)CCOC2. The molecule has 1 unspecified atom stereocenters. The van der Waals surface area contributed by atoms with Crippen molar-refractivity contribution < 1.29 is 4.74 Å². The van der Waals surface area contributed by atoms with E-state index in [0.29, 0.717) is 5.41 Å². The molecular weight excluding hydrogens is 138 g/mol. The summed E-state index contributed by atoms with van der Waals surface area (Å²) in [4.78, 5) is 0. The lowest BCUT2D eigenvalue weighted by molar-refractivity contribution is 0.143. The van der Waals surface area contributed by atoms with Crippen molar-refractivity contribution in [1.29, 1.82) is 0 Å². The van der Waals surface area contributed by atoms with Crippen molar-refractivity contribution in [2.75, 3.05) is 26.3 Å². The Hall–Kier alpha value is -0.0800. The minimum Gasteiger partial charge on any atom is -0.381 e. The Morgan fingerprint density at radius 2 is 2.09 bits per heavy atom. The molecule has 2 nitrogen and oxygen atoms in total. The fraction of sp³-hybridized carbons (Fsp3) is 1.00. The molecule has 0 radical (unpaired) electrons. The molecule has 0 aromatic carbocycles. The smallest absolute Gasteiger partial charge is 0.0523 e. The molecule has 2 saturated heterocycles. The molecule has 64 valence electrons. The fourth-order valence-electron chi connectivity index (χ4n) is 2.24. The highest BCUT2D eigenvalue weighted by molar-refractivity contribution is 4.85. The van der Waals surface area contributed by atoms with E-state index < -0.39 is 0 Å². The maximum absolute atomic E-state index is 5.47. The average Bonchev–Trinajstić information content (AvgIpc) is 2.32. The third kappa shape index (κ3) is 1.57. The number of hydrogen-bond acceptors (Lipinski definition) is 2. The first-order valence-electron chi connectivity index (χ1n) is 4.70. The van der Waals surface area contributed by atoms with E-state index in [1.165, 1.54) is 38.8 Å². The van der Waals surface area contributed by atoms with Crippen LogP contribution in [-0.2, 0) is 4.74 Å². The minimum absolute atomic E-state index is 0.573. The standard InChI is InChI=1S/C9H17NO/c1-2-9(3-6-10-5-1)4-7-11-8-9/h10H,1-8H2. The van der Waals surface area contributed by atoms with Crippen molar-refractivity contribution >= 4 is 0 Å². The van der Waals surface area contributed by atoms with Gasteiger partial charge in [0.05, 0.1) is 6.61 Å². The largest absolute Gasteiger partial charge is 0.381 e. The molecule has 0 aromatic rings. The van der Waals surface area contributed by atoms with E-state index in [-0.39, 0.29) is 0 Å². The molecule has 2 heteroatoms. The Morgan fingerprint density at radius 3 is 2.91 bits per heavy atom. The summed E-state index contributed by atoms with van der Waals surface area (Å²) in [5, 5.41) is 3.44. The van der Waals surface area contributed by atoms with E-state index in [1.54, 1.807) is 0 Å². The third-order valence-electron chi connectivity index (χ3n) is 3.08. The van der Waals surface area contributed by atoms with Gasteiger partial charge in [0.25, 0.3) is 0 Å². The van der Waals surface area contributed by atoms with Crippen molar-refractivity contribution in [3.05, 3.63) is 0 Å². The number of nitrogens with one attached hydrogen (secondary N) is 1. The first-order chi connectivity index (χ1) is 5.41. The monoisotopic (exact) mass is 155 g/mol. The van der Waals surface area contributed by atoms with Crippen LogP contribution in [0.15, 0.2) is 0 Å². The van der Waals surface area contributed by atoms with Crippen molar-refractivity contribution in [2.24, 2.45) is 5.41 Å². The summed E-state index contributed by atoms with van der Waals surface area (Å²) in [5.41, 5.74) is 0.573. The van der Waals surface area contributed by atoms with Gasteiger partial charge in [0.1, 0.15) is 0 Å². The Morgan fingerprint density at radius 1 is 1.09 bits per heavy atom. The Labute approximate surface area is 68.3 Å². The molecule has 0 saturated carbocycles. The van der Waals surface area contributed by atoms with E-state index in [9.17, 15) is 0 Å². The van der Waals surface area contributed by atoms with Gasteiger partial charge >= 0.3 is 0 Å². The normalized spacial score (nSPS) is 39.3. The first-order valence-corrected chi connectivity index (χ1v) is 4.70.